The van der Waals surface area contributed by atoms with E-state index in [2.05, 4.69) is 14.9 Å². The van der Waals surface area contributed by atoms with Crippen molar-refractivity contribution in [3.8, 4) is 0 Å². The molecule has 0 N–H and O–H groups in total. The molecular formula is C28H30F5N5O2. The zero-order valence-corrected chi connectivity index (χ0v) is 21.8. The molecule has 1 aromatic carbocycles. The number of benzene rings is 1. The lowest BCUT2D eigenvalue weighted by molar-refractivity contribution is -0.145. The monoisotopic (exact) mass is 563 g/mol. The van der Waals surface area contributed by atoms with Crippen LogP contribution in [0.25, 0.3) is 10.9 Å². The van der Waals surface area contributed by atoms with E-state index in [1.54, 1.807) is 17.0 Å². The highest BCUT2D eigenvalue weighted by Gasteiger charge is 2.38. The molecule has 214 valence electrons. The van der Waals surface area contributed by atoms with Crippen molar-refractivity contribution >= 4 is 22.5 Å². The molecule has 40 heavy (non-hydrogen) atoms. The van der Waals surface area contributed by atoms with Crippen LogP contribution >= 0.6 is 0 Å². The van der Waals surface area contributed by atoms with Crippen LogP contribution < -0.4 is 4.90 Å². The number of hydrogen-bond donors (Lipinski definition) is 0. The lowest BCUT2D eigenvalue weighted by Crippen LogP contribution is -2.41. The predicted molar refractivity (Wildman–Crippen MR) is 138 cm³/mol. The fraction of sp³-hybridized carbons (Fsp3) is 0.500. The first-order chi connectivity index (χ1) is 19.1. The fourth-order valence-corrected chi connectivity index (χ4v) is 5.32. The number of ketones is 1. The number of carbonyl (C=O) groups is 1. The molecule has 5 rings (SSSR count). The Bertz CT molecular complexity index is 1320. The van der Waals surface area contributed by atoms with E-state index in [1.165, 1.54) is 0 Å². The summed E-state index contributed by atoms with van der Waals surface area (Å²) in [6.45, 7) is 2.99. The summed E-state index contributed by atoms with van der Waals surface area (Å²) in [7, 11) is 0. The maximum absolute atomic E-state index is 13.8. The van der Waals surface area contributed by atoms with Gasteiger partial charge in [-0.3, -0.25) is 9.69 Å². The molecular weight excluding hydrogens is 533 g/mol. The van der Waals surface area contributed by atoms with E-state index in [1.807, 2.05) is 18.2 Å². The molecule has 0 amide bonds. The number of piperidine rings is 1. The number of anilines is 1. The lowest BCUT2D eigenvalue weighted by Gasteiger charge is -2.37. The van der Waals surface area contributed by atoms with Crippen molar-refractivity contribution in [3.63, 3.8) is 0 Å². The van der Waals surface area contributed by atoms with Gasteiger partial charge in [0.15, 0.2) is 5.78 Å². The summed E-state index contributed by atoms with van der Waals surface area (Å²) < 4.78 is 72.2. The summed E-state index contributed by atoms with van der Waals surface area (Å²) in [5.41, 5.74) is 1.53. The van der Waals surface area contributed by atoms with Crippen LogP contribution in [0, 0.1) is 0 Å². The van der Waals surface area contributed by atoms with Crippen molar-refractivity contribution in [3.05, 3.63) is 59.7 Å². The molecule has 12 heteroatoms. The number of hydrogen-bond acceptors (Lipinski definition) is 7. The minimum atomic E-state index is -4.69. The van der Waals surface area contributed by atoms with Crippen molar-refractivity contribution in [1.29, 1.82) is 0 Å². The van der Waals surface area contributed by atoms with Crippen molar-refractivity contribution in [2.45, 2.75) is 50.2 Å². The number of fused-ring (bicyclic) bond motifs is 1. The Kier molecular flexibility index (Phi) is 8.27. The van der Waals surface area contributed by atoms with Crippen LogP contribution in [0.4, 0.5) is 27.8 Å². The first kappa shape index (κ1) is 28.3. The van der Waals surface area contributed by atoms with Gasteiger partial charge in [0.05, 0.1) is 12.1 Å². The molecule has 4 heterocycles. The van der Waals surface area contributed by atoms with Gasteiger partial charge in [0.25, 0.3) is 5.92 Å². The number of halogens is 5. The third kappa shape index (κ3) is 6.55. The van der Waals surface area contributed by atoms with Crippen LogP contribution in [0.5, 0.6) is 0 Å². The number of pyridine rings is 1. The Morgan fingerprint density at radius 2 is 1.75 bits per heavy atom. The number of carbonyl (C=O) groups excluding carboxylic acids is 1. The Morgan fingerprint density at radius 1 is 1.00 bits per heavy atom. The molecule has 7 nitrogen and oxygen atoms in total. The zero-order chi connectivity index (χ0) is 28.3. The highest BCUT2D eigenvalue weighted by Crippen LogP contribution is 2.35. The normalized spacial score (nSPS) is 19.4. The molecule has 0 aliphatic carbocycles. The Balaban J connectivity index is 1.35. The van der Waals surface area contributed by atoms with E-state index in [-0.39, 0.29) is 44.6 Å². The van der Waals surface area contributed by atoms with Crippen molar-refractivity contribution in [2.75, 3.05) is 44.3 Å². The summed E-state index contributed by atoms with van der Waals surface area (Å²) in [5.74, 6) is -3.41. The zero-order valence-electron chi connectivity index (χ0n) is 21.8. The van der Waals surface area contributed by atoms with Crippen LogP contribution in [0.3, 0.4) is 0 Å². The summed E-state index contributed by atoms with van der Waals surface area (Å²) in [6, 6.07) is 8.54. The van der Waals surface area contributed by atoms with Crippen LogP contribution in [0.1, 0.15) is 59.9 Å². The molecule has 2 aliphatic rings. The number of nitrogens with zero attached hydrogens (tertiary/aromatic N) is 5. The summed E-state index contributed by atoms with van der Waals surface area (Å²) >= 11 is 0. The SMILES string of the molecule is O=C(CCC(c1cnc(C(F)(F)F)nc1)N1CCC(F)(F)CC1)c1cccc2nc(N3CCCOCC3)ccc12. The van der Waals surface area contributed by atoms with E-state index in [9.17, 15) is 26.7 Å². The largest absolute Gasteiger partial charge is 0.451 e. The average Bonchev–Trinajstić information content (AvgIpc) is 3.23. The molecule has 2 aromatic heterocycles. The second-order valence-electron chi connectivity index (χ2n) is 10.2. The Hall–Kier alpha value is -3.25. The summed E-state index contributed by atoms with van der Waals surface area (Å²) in [5, 5.41) is 0.703. The van der Waals surface area contributed by atoms with E-state index >= 15 is 0 Å². The van der Waals surface area contributed by atoms with Crippen molar-refractivity contribution in [1.82, 2.24) is 19.9 Å². The number of likely N-dealkylation sites (tertiary alicyclic amines) is 1. The van der Waals surface area contributed by atoms with E-state index in [4.69, 9.17) is 9.72 Å². The maximum atomic E-state index is 13.8. The number of rotatable bonds is 7. The van der Waals surface area contributed by atoms with E-state index < -0.39 is 24.0 Å². The average molecular weight is 564 g/mol. The topological polar surface area (TPSA) is 71.5 Å². The molecule has 1 unspecified atom stereocenters. The number of Topliss-reactive ketones (excluding diaryl/α,β-unsaturated/α-hetero) is 1. The molecule has 1 atom stereocenters. The van der Waals surface area contributed by atoms with Gasteiger partial charge in [-0.05, 0) is 31.0 Å². The molecule has 0 bridgehead atoms. The molecule has 3 aromatic rings. The van der Waals surface area contributed by atoms with Crippen LogP contribution in [-0.4, -0.2) is 71.0 Å². The quantitative estimate of drug-likeness (QED) is 0.270. The first-order valence-electron chi connectivity index (χ1n) is 13.4. The van der Waals surface area contributed by atoms with E-state index in [0.717, 1.165) is 37.7 Å². The second kappa shape index (κ2) is 11.7. The highest BCUT2D eigenvalue weighted by molar-refractivity contribution is 6.07. The smallest absolute Gasteiger partial charge is 0.380 e. The number of aromatic nitrogens is 3. The van der Waals surface area contributed by atoms with Crippen LogP contribution in [-0.2, 0) is 10.9 Å². The van der Waals surface area contributed by atoms with Gasteiger partial charge in [-0.15, -0.1) is 0 Å². The van der Waals surface area contributed by atoms with Crippen LogP contribution in [0.2, 0.25) is 0 Å². The van der Waals surface area contributed by atoms with Gasteiger partial charge >= 0.3 is 6.18 Å². The molecule has 2 saturated heterocycles. The Morgan fingerprint density at radius 3 is 2.48 bits per heavy atom. The van der Waals surface area contributed by atoms with Crippen molar-refractivity contribution < 1.29 is 31.5 Å². The van der Waals surface area contributed by atoms with E-state index in [0.29, 0.717) is 35.2 Å². The summed E-state index contributed by atoms with van der Waals surface area (Å²) in [4.78, 5) is 29.0. The third-order valence-electron chi connectivity index (χ3n) is 7.49. The first-order valence-corrected chi connectivity index (χ1v) is 13.4. The van der Waals surface area contributed by atoms with Gasteiger partial charge in [-0.1, -0.05) is 12.1 Å². The molecule has 0 saturated carbocycles. The van der Waals surface area contributed by atoms with Gasteiger partial charge in [0, 0.05) is 87.0 Å². The highest BCUT2D eigenvalue weighted by atomic mass is 19.4. The van der Waals surface area contributed by atoms with Gasteiger partial charge < -0.3 is 9.64 Å². The Labute approximate surface area is 228 Å². The van der Waals surface area contributed by atoms with Gasteiger partial charge in [0.2, 0.25) is 5.82 Å². The standard InChI is InChI=1S/C28H30F5N5O2/c29-27(30)9-12-37(13-10-27)23(19-17-34-26(35-18-19)28(31,32)33)6-7-24(39)21-3-1-4-22-20(21)5-8-25(36-22)38-11-2-15-40-16-14-38/h1,3-5,8,17-18,23H,2,6-7,9-16H2. The maximum Gasteiger partial charge on any atom is 0.451 e. The summed E-state index contributed by atoms with van der Waals surface area (Å²) in [6.07, 6.45) is -2.08. The van der Waals surface area contributed by atoms with Crippen LogP contribution in [0.15, 0.2) is 42.7 Å². The lowest BCUT2D eigenvalue weighted by atomic mass is 9.94. The van der Waals surface area contributed by atoms with Gasteiger partial charge in [0.1, 0.15) is 5.82 Å². The fourth-order valence-electron chi connectivity index (χ4n) is 5.32. The second-order valence-corrected chi connectivity index (χ2v) is 10.2. The molecule has 0 radical (unpaired) electrons. The molecule has 2 fully saturated rings. The van der Waals surface area contributed by atoms with Gasteiger partial charge in [-0.2, -0.15) is 13.2 Å². The van der Waals surface area contributed by atoms with Gasteiger partial charge in [-0.25, -0.2) is 23.7 Å². The minimum absolute atomic E-state index is 0.0510. The van der Waals surface area contributed by atoms with Crippen molar-refractivity contribution in [2.24, 2.45) is 0 Å². The molecule has 0 spiro atoms. The number of ether oxygens (including phenoxy) is 1. The number of alkyl halides is 5. The minimum Gasteiger partial charge on any atom is -0.380 e. The third-order valence-corrected chi connectivity index (χ3v) is 7.49. The molecule has 2 aliphatic heterocycles. The predicted octanol–water partition coefficient (Wildman–Crippen LogP) is 5.71.